The quantitative estimate of drug-likeness (QED) is 0.889. The third-order valence-corrected chi connectivity index (χ3v) is 4.52. The van der Waals surface area contributed by atoms with Gasteiger partial charge in [-0.05, 0) is 18.6 Å². The highest BCUT2D eigenvalue weighted by atomic mass is 19.1. The van der Waals surface area contributed by atoms with E-state index in [2.05, 4.69) is 14.9 Å². The lowest BCUT2D eigenvalue weighted by atomic mass is 10.1. The van der Waals surface area contributed by atoms with Gasteiger partial charge in [-0.1, -0.05) is 6.92 Å². The van der Waals surface area contributed by atoms with Crippen molar-refractivity contribution >= 4 is 16.9 Å². The normalized spacial score (nSPS) is 17.6. The fraction of sp³-hybridized carbons (Fsp3) is 0.500. The molecular formula is C16H21FN4O2. The molecule has 0 spiro atoms. The largest absolute Gasteiger partial charge is 0.395 e. The number of fused-ring (bicyclic) bond motifs is 1. The van der Waals surface area contributed by atoms with Crippen LogP contribution in [0.15, 0.2) is 18.5 Å². The topological polar surface area (TPSA) is 72.5 Å². The Morgan fingerprint density at radius 3 is 2.78 bits per heavy atom. The highest BCUT2D eigenvalue weighted by Crippen LogP contribution is 2.20. The van der Waals surface area contributed by atoms with Crippen molar-refractivity contribution in [1.29, 1.82) is 0 Å². The molecule has 0 radical (unpaired) electrons. The van der Waals surface area contributed by atoms with E-state index < -0.39 is 5.82 Å². The predicted molar refractivity (Wildman–Crippen MR) is 84.7 cm³/mol. The number of piperazine rings is 1. The zero-order valence-electron chi connectivity index (χ0n) is 13.1. The van der Waals surface area contributed by atoms with Crippen molar-refractivity contribution in [1.82, 2.24) is 19.8 Å². The summed E-state index contributed by atoms with van der Waals surface area (Å²) in [6, 6.07) is 2.73. The Bertz CT molecular complexity index is 690. The summed E-state index contributed by atoms with van der Waals surface area (Å²) in [5, 5.41) is 9.38. The van der Waals surface area contributed by atoms with Crippen LogP contribution in [-0.2, 0) is 0 Å². The number of carbonyl (C=O) groups is 1. The molecule has 2 N–H and O–H groups in total. The van der Waals surface area contributed by atoms with Gasteiger partial charge in [0.2, 0.25) is 0 Å². The smallest absolute Gasteiger partial charge is 0.256 e. The maximum atomic E-state index is 13.7. The highest BCUT2D eigenvalue weighted by molar-refractivity contribution is 6.04. The molecule has 1 aromatic carbocycles. The molecule has 0 aliphatic carbocycles. The van der Waals surface area contributed by atoms with Crippen LogP contribution in [0, 0.1) is 5.82 Å². The number of H-pyrrole nitrogens is 1. The summed E-state index contributed by atoms with van der Waals surface area (Å²) < 4.78 is 13.7. The maximum absolute atomic E-state index is 13.7. The first kappa shape index (κ1) is 15.9. The van der Waals surface area contributed by atoms with E-state index in [1.165, 1.54) is 18.5 Å². The Kier molecular flexibility index (Phi) is 4.58. The molecule has 1 aliphatic heterocycles. The molecule has 1 amide bonds. The van der Waals surface area contributed by atoms with Crippen LogP contribution in [-0.4, -0.2) is 69.6 Å². The van der Waals surface area contributed by atoms with Gasteiger partial charge in [0.15, 0.2) is 0 Å². The Labute approximate surface area is 133 Å². The fourth-order valence-corrected chi connectivity index (χ4v) is 3.14. The van der Waals surface area contributed by atoms with Crippen molar-refractivity contribution < 1.29 is 14.3 Å². The standard InChI is InChI=1S/C16H21FN4O2/c1-2-12(9-22)20-3-5-21(6-4-20)16(23)13-7-11(17)8-14-15(13)19-10-18-14/h7-8,10,12,22H,2-6,9H2,1H3,(H,18,19). The van der Waals surface area contributed by atoms with Gasteiger partial charge in [-0.3, -0.25) is 9.69 Å². The Morgan fingerprint density at radius 1 is 1.39 bits per heavy atom. The molecule has 1 fully saturated rings. The number of hydrogen-bond donors (Lipinski definition) is 2. The number of aromatic amines is 1. The van der Waals surface area contributed by atoms with E-state index in [1.54, 1.807) is 4.90 Å². The van der Waals surface area contributed by atoms with Crippen LogP contribution in [0.2, 0.25) is 0 Å². The molecule has 2 heterocycles. The average molecular weight is 320 g/mol. The zero-order valence-corrected chi connectivity index (χ0v) is 13.1. The number of nitrogens with one attached hydrogen (secondary N) is 1. The molecule has 1 unspecified atom stereocenters. The lowest BCUT2D eigenvalue weighted by molar-refractivity contribution is 0.0473. The van der Waals surface area contributed by atoms with Crippen molar-refractivity contribution in [2.24, 2.45) is 0 Å². The van der Waals surface area contributed by atoms with Crippen LogP contribution >= 0.6 is 0 Å². The number of amides is 1. The monoisotopic (exact) mass is 320 g/mol. The van der Waals surface area contributed by atoms with Crippen LogP contribution in [0.1, 0.15) is 23.7 Å². The molecule has 1 atom stereocenters. The molecule has 3 rings (SSSR count). The van der Waals surface area contributed by atoms with Crippen molar-refractivity contribution in [3.05, 3.63) is 29.8 Å². The minimum absolute atomic E-state index is 0.127. The first-order chi connectivity index (χ1) is 11.1. The number of halogens is 1. The molecule has 1 saturated heterocycles. The summed E-state index contributed by atoms with van der Waals surface area (Å²) in [4.78, 5) is 23.6. The van der Waals surface area contributed by atoms with E-state index in [-0.39, 0.29) is 18.6 Å². The van der Waals surface area contributed by atoms with E-state index in [4.69, 9.17) is 0 Å². The molecule has 23 heavy (non-hydrogen) atoms. The van der Waals surface area contributed by atoms with Crippen molar-refractivity contribution in [2.45, 2.75) is 19.4 Å². The molecule has 0 saturated carbocycles. The van der Waals surface area contributed by atoms with Crippen molar-refractivity contribution in [3.63, 3.8) is 0 Å². The predicted octanol–water partition coefficient (Wildman–Crippen LogP) is 1.23. The van der Waals surface area contributed by atoms with Gasteiger partial charge < -0.3 is 15.0 Å². The van der Waals surface area contributed by atoms with E-state index in [0.717, 1.165) is 6.42 Å². The first-order valence-corrected chi connectivity index (χ1v) is 7.90. The molecule has 7 heteroatoms. The summed E-state index contributed by atoms with van der Waals surface area (Å²) in [5.41, 5.74) is 1.32. The van der Waals surface area contributed by atoms with Gasteiger partial charge in [0.25, 0.3) is 5.91 Å². The number of aliphatic hydroxyl groups excluding tert-OH is 1. The number of benzene rings is 1. The van der Waals surface area contributed by atoms with Gasteiger partial charge in [-0.15, -0.1) is 0 Å². The van der Waals surface area contributed by atoms with Crippen LogP contribution < -0.4 is 0 Å². The number of carbonyl (C=O) groups excluding carboxylic acids is 1. The number of hydrogen-bond acceptors (Lipinski definition) is 4. The summed E-state index contributed by atoms with van der Waals surface area (Å²) in [6.45, 7) is 4.73. The first-order valence-electron chi connectivity index (χ1n) is 7.90. The number of aliphatic hydroxyl groups is 1. The van der Waals surface area contributed by atoms with Gasteiger partial charge in [0, 0.05) is 32.2 Å². The third kappa shape index (κ3) is 3.07. The summed E-state index contributed by atoms with van der Waals surface area (Å²) >= 11 is 0. The number of imidazole rings is 1. The van der Waals surface area contributed by atoms with Gasteiger partial charge in [-0.2, -0.15) is 0 Å². The molecular weight excluding hydrogens is 299 g/mol. The van der Waals surface area contributed by atoms with E-state index >= 15 is 0 Å². The Hall–Kier alpha value is -1.99. The second-order valence-electron chi connectivity index (χ2n) is 5.82. The van der Waals surface area contributed by atoms with Crippen molar-refractivity contribution in [2.75, 3.05) is 32.8 Å². The summed E-state index contributed by atoms with van der Waals surface area (Å²) in [6.07, 6.45) is 2.34. The number of rotatable bonds is 4. The van der Waals surface area contributed by atoms with E-state index in [0.29, 0.717) is 42.8 Å². The number of nitrogens with zero attached hydrogens (tertiary/aromatic N) is 3. The summed E-state index contributed by atoms with van der Waals surface area (Å²) in [7, 11) is 0. The molecule has 6 nitrogen and oxygen atoms in total. The second kappa shape index (κ2) is 6.64. The molecule has 0 bridgehead atoms. The van der Waals surface area contributed by atoms with Crippen molar-refractivity contribution in [3.8, 4) is 0 Å². The van der Waals surface area contributed by atoms with Crippen LogP contribution in [0.25, 0.3) is 11.0 Å². The van der Waals surface area contributed by atoms with Gasteiger partial charge >= 0.3 is 0 Å². The van der Waals surface area contributed by atoms with E-state index in [1.807, 2.05) is 6.92 Å². The molecule has 124 valence electrons. The number of aromatic nitrogens is 2. The lowest BCUT2D eigenvalue weighted by Crippen LogP contribution is -2.52. The fourth-order valence-electron chi connectivity index (χ4n) is 3.14. The molecule has 2 aromatic rings. The minimum Gasteiger partial charge on any atom is -0.395 e. The lowest BCUT2D eigenvalue weighted by Gasteiger charge is -2.38. The van der Waals surface area contributed by atoms with Crippen LogP contribution in [0.3, 0.4) is 0 Å². The molecule has 1 aliphatic rings. The third-order valence-electron chi connectivity index (χ3n) is 4.52. The molecule has 1 aromatic heterocycles. The van der Waals surface area contributed by atoms with Crippen LogP contribution in [0.4, 0.5) is 4.39 Å². The Balaban J connectivity index is 1.75. The SMILES string of the molecule is CCC(CO)N1CCN(C(=O)c2cc(F)cc3[nH]cnc23)CC1. The van der Waals surface area contributed by atoms with Gasteiger partial charge in [-0.25, -0.2) is 9.37 Å². The zero-order chi connectivity index (χ0) is 16.4. The summed E-state index contributed by atoms with van der Waals surface area (Å²) in [5.74, 6) is -0.645. The van der Waals surface area contributed by atoms with Gasteiger partial charge in [0.05, 0.1) is 24.0 Å². The maximum Gasteiger partial charge on any atom is 0.256 e. The van der Waals surface area contributed by atoms with E-state index in [9.17, 15) is 14.3 Å². The highest BCUT2D eigenvalue weighted by Gasteiger charge is 2.27. The second-order valence-corrected chi connectivity index (χ2v) is 5.82. The van der Waals surface area contributed by atoms with Crippen LogP contribution in [0.5, 0.6) is 0 Å². The Morgan fingerprint density at radius 2 is 2.13 bits per heavy atom. The average Bonchev–Trinajstić information content (AvgIpc) is 3.03. The minimum atomic E-state index is -0.449. The van der Waals surface area contributed by atoms with Gasteiger partial charge in [0.1, 0.15) is 11.3 Å².